The third-order valence-corrected chi connectivity index (χ3v) is 5.39. The lowest BCUT2D eigenvalue weighted by atomic mass is 10.0. The summed E-state index contributed by atoms with van der Waals surface area (Å²) in [5.74, 6) is -0.314. The molecule has 1 fully saturated rings. The van der Waals surface area contributed by atoms with Gasteiger partial charge in [-0.1, -0.05) is 62.4 Å². The van der Waals surface area contributed by atoms with E-state index in [4.69, 9.17) is 0 Å². The second-order valence-electron chi connectivity index (χ2n) is 7.18. The number of para-hydroxylation sites is 1. The van der Waals surface area contributed by atoms with Crippen molar-refractivity contribution in [2.75, 3.05) is 11.4 Å². The summed E-state index contributed by atoms with van der Waals surface area (Å²) in [5.41, 5.74) is 4.42. The lowest BCUT2D eigenvalue weighted by molar-refractivity contribution is -0.126. The lowest BCUT2D eigenvalue weighted by Crippen LogP contribution is -2.35. The maximum atomic E-state index is 12.8. The number of amides is 2. The van der Waals surface area contributed by atoms with Crippen LogP contribution in [-0.4, -0.2) is 18.4 Å². The SMILES string of the molecule is CCc1cccc(CC)c1N1CC(C(=O)NC(C)c2ccccc2)CC1=O. The fourth-order valence-corrected chi connectivity index (χ4v) is 3.82. The van der Waals surface area contributed by atoms with E-state index in [9.17, 15) is 9.59 Å². The minimum absolute atomic E-state index is 0.0399. The molecule has 27 heavy (non-hydrogen) atoms. The van der Waals surface area contributed by atoms with Gasteiger partial charge in [0, 0.05) is 18.7 Å². The molecule has 2 amide bonds. The molecule has 0 radical (unpaired) electrons. The Bertz CT molecular complexity index is 794. The van der Waals surface area contributed by atoms with Crippen molar-refractivity contribution in [3.8, 4) is 0 Å². The number of aryl methyl sites for hydroxylation is 2. The van der Waals surface area contributed by atoms with Crippen LogP contribution in [0, 0.1) is 5.92 Å². The van der Waals surface area contributed by atoms with Crippen molar-refractivity contribution in [2.45, 2.75) is 46.1 Å². The highest BCUT2D eigenvalue weighted by Crippen LogP contribution is 2.32. The highest BCUT2D eigenvalue weighted by atomic mass is 16.2. The zero-order valence-electron chi connectivity index (χ0n) is 16.4. The van der Waals surface area contributed by atoms with E-state index in [0.717, 1.165) is 24.1 Å². The van der Waals surface area contributed by atoms with Crippen LogP contribution in [-0.2, 0) is 22.4 Å². The zero-order chi connectivity index (χ0) is 19.4. The molecule has 142 valence electrons. The van der Waals surface area contributed by atoms with Gasteiger partial charge in [0.15, 0.2) is 0 Å². The van der Waals surface area contributed by atoms with E-state index in [-0.39, 0.29) is 30.2 Å². The van der Waals surface area contributed by atoms with E-state index in [1.807, 2.05) is 48.2 Å². The lowest BCUT2D eigenvalue weighted by Gasteiger charge is -2.23. The van der Waals surface area contributed by atoms with Crippen LogP contribution in [0.5, 0.6) is 0 Å². The summed E-state index contributed by atoms with van der Waals surface area (Å²) >= 11 is 0. The highest BCUT2D eigenvalue weighted by molar-refractivity contribution is 6.01. The van der Waals surface area contributed by atoms with E-state index < -0.39 is 0 Å². The van der Waals surface area contributed by atoms with Crippen LogP contribution < -0.4 is 10.2 Å². The number of anilines is 1. The standard InChI is InChI=1S/C23H28N2O2/c1-4-17-12-9-13-18(5-2)22(17)25-15-20(14-21(25)26)23(27)24-16(3)19-10-7-6-8-11-19/h6-13,16,20H,4-5,14-15H2,1-3H3,(H,24,27). The highest BCUT2D eigenvalue weighted by Gasteiger charge is 2.36. The summed E-state index contributed by atoms with van der Waals surface area (Å²) in [6.45, 7) is 6.63. The molecule has 2 unspecified atom stereocenters. The summed E-state index contributed by atoms with van der Waals surface area (Å²) in [6, 6.07) is 16.0. The number of benzene rings is 2. The smallest absolute Gasteiger partial charge is 0.227 e. The number of nitrogens with zero attached hydrogens (tertiary/aromatic N) is 1. The predicted molar refractivity (Wildman–Crippen MR) is 109 cm³/mol. The maximum absolute atomic E-state index is 12.8. The van der Waals surface area contributed by atoms with E-state index in [2.05, 4.69) is 31.3 Å². The van der Waals surface area contributed by atoms with Gasteiger partial charge in [-0.3, -0.25) is 9.59 Å². The number of carbonyl (C=O) groups excluding carboxylic acids is 2. The Kier molecular flexibility index (Phi) is 5.94. The summed E-state index contributed by atoms with van der Waals surface area (Å²) < 4.78 is 0. The van der Waals surface area contributed by atoms with Gasteiger partial charge < -0.3 is 10.2 Å². The molecule has 1 aliphatic rings. The van der Waals surface area contributed by atoms with Crippen LogP contribution in [0.15, 0.2) is 48.5 Å². The Morgan fingerprint density at radius 2 is 1.70 bits per heavy atom. The van der Waals surface area contributed by atoms with Gasteiger partial charge in [-0.15, -0.1) is 0 Å². The Morgan fingerprint density at radius 1 is 1.07 bits per heavy atom. The number of hydrogen-bond acceptors (Lipinski definition) is 2. The molecular weight excluding hydrogens is 336 g/mol. The molecule has 2 atom stereocenters. The Morgan fingerprint density at radius 3 is 2.30 bits per heavy atom. The summed E-state index contributed by atoms with van der Waals surface area (Å²) in [5, 5.41) is 3.07. The Balaban J connectivity index is 1.75. The Labute approximate surface area is 161 Å². The van der Waals surface area contributed by atoms with Crippen molar-refractivity contribution in [1.82, 2.24) is 5.32 Å². The number of hydrogen-bond donors (Lipinski definition) is 1. The van der Waals surface area contributed by atoms with Crippen LogP contribution in [0.2, 0.25) is 0 Å². The second-order valence-corrected chi connectivity index (χ2v) is 7.18. The first-order chi connectivity index (χ1) is 13.0. The molecule has 0 saturated carbocycles. The molecule has 4 nitrogen and oxygen atoms in total. The molecule has 3 rings (SSSR count). The van der Waals surface area contributed by atoms with Crippen LogP contribution >= 0.6 is 0 Å². The summed E-state index contributed by atoms with van der Waals surface area (Å²) in [7, 11) is 0. The van der Waals surface area contributed by atoms with Gasteiger partial charge in [-0.05, 0) is 36.5 Å². The van der Waals surface area contributed by atoms with E-state index >= 15 is 0 Å². The maximum Gasteiger partial charge on any atom is 0.227 e. The number of carbonyl (C=O) groups is 2. The van der Waals surface area contributed by atoms with Crippen molar-refractivity contribution >= 4 is 17.5 Å². The molecule has 1 N–H and O–H groups in total. The molecule has 0 aromatic heterocycles. The topological polar surface area (TPSA) is 49.4 Å². The van der Waals surface area contributed by atoms with Crippen LogP contribution in [0.1, 0.15) is 49.9 Å². The third-order valence-electron chi connectivity index (χ3n) is 5.39. The summed E-state index contributed by atoms with van der Waals surface area (Å²) in [4.78, 5) is 27.3. The van der Waals surface area contributed by atoms with Gasteiger partial charge in [-0.2, -0.15) is 0 Å². The first-order valence-corrected chi connectivity index (χ1v) is 9.81. The van der Waals surface area contributed by atoms with Gasteiger partial charge >= 0.3 is 0 Å². The molecule has 0 bridgehead atoms. The largest absolute Gasteiger partial charge is 0.349 e. The molecule has 2 aromatic carbocycles. The molecule has 1 aliphatic heterocycles. The molecule has 1 saturated heterocycles. The van der Waals surface area contributed by atoms with Crippen molar-refractivity contribution in [3.05, 3.63) is 65.2 Å². The molecular formula is C23H28N2O2. The van der Waals surface area contributed by atoms with Crippen LogP contribution in [0.4, 0.5) is 5.69 Å². The fraction of sp³-hybridized carbons (Fsp3) is 0.391. The monoisotopic (exact) mass is 364 g/mol. The molecule has 2 aromatic rings. The normalized spacial score (nSPS) is 17.8. The Hall–Kier alpha value is -2.62. The second kappa shape index (κ2) is 8.38. The quantitative estimate of drug-likeness (QED) is 0.841. The van der Waals surface area contributed by atoms with Crippen molar-refractivity contribution in [1.29, 1.82) is 0 Å². The number of nitrogens with one attached hydrogen (secondary N) is 1. The van der Waals surface area contributed by atoms with Gasteiger partial charge in [-0.25, -0.2) is 0 Å². The van der Waals surface area contributed by atoms with Gasteiger partial charge in [0.25, 0.3) is 0 Å². The van der Waals surface area contributed by atoms with E-state index in [0.29, 0.717) is 6.54 Å². The van der Waals surface area contributed by atoms with Crippen LogP contribution in [0.3, 0.4) is 0 Å². The fourth-order valence-electron chi connectivity index (χ4n) is 3.82. The molecule has 0 aliphatic carbocycles. The third kappa shape index (κ3) is 4.05. The van der Waals surface area contributed by atoms with Crippen LogP contribution in [0.25, 0.3) is 0 Å². The van der Waals surface area contributed by atoms with Gasteiger partial charge in [0.2, 0.25) is 11.8 Å². The molecule has 4 heteroatoms. The van der Waals surface area contributed by atoms with Crippen molar-refractivity contribution in [3.63, 3.8) is 0 Å². The minimum atomic E-state index is -0.307. The predicted octanol–water partition coefficient (Wildman–Crippen LogP) is 4.04. The van der Waals surface area contributed by atoms with Crippen molar-refractivity contribution < 1.29 is 9.59 Å². The molecule has 0 spiro atoms. The molecule has 1 heterocycles. The van der Waals surface area contributed by atoms with Gasteiger partial charge in [0.05, 0.1) is 12.0 Å². The average Bonchev–Trinajstić information content (AvgIpc) is 3.09. The minimum Gasteiger partial charge on any atom is -0.349 e. The van der Waals surface area contributed by atoms with Crippen molar-refractivity contribution in [2.24, 2.45) is 5.92 Å². The first kappa shape index (κ1) is 19.2. The first-order valence-electron chi connectivity index (χ1n) is 9.81. The summed E-state index contributed by atoms with van der Waals surface area (Å²) in [6.07, 6.45) is 2.01. The average molecular weight is 364 g/mol. The zero-order valence-corrected chi connectivity index (χ0v) is 16.4. The van der Waals surface area contributed by atoms with E-state index in [1.54, 1.807) is 0 Å². The van der Waals surface area contributed by atoms with E-state index in [1.165, 1.54) is 11.1 Å². The number of rotatable bonds is 6. The van der Waals surface area contributed by atoms with Gasteiger partial charge in [0.1, 0.15) is 0 Å².